The van der Waals surface area contributed by atoms with Gasteiger partial charge in [-0.1, -0.05) is 18.2 Å². The molecule has 1 aliphatic carbocycles. The number of hydrogen-bond acceptors (Lipinski definition) is 5. The second-order valence-corrected chi connectivity index (χ2v) is 9.78. The Balaban J connectivity index is 1.59. The molecule has 0 saturated heterocycles. The normalized spacial score (nSPS) is 19.0. The van der Waals surface area contributed by atoms with Crippen molar-refractivity contribution in [1.29, 1.82) is 0 Å². The van der Waals surface area contributed by atoms with Crippen molar-refractivity contribution in [3.05, 3.63) is 53.6 Å². The number of amides is 1. The Morgan fingerprint density at radius 3 is 2.68 bits per heavy atom. The van der Waals surface area contributed by atoms with Gasteiger partial charge in [0, 0.05) is 22.3 Å². The first kappa shape index (κ1) is 19.3. The average Bonchev–Trinajstić information content (AvgIpc) is 3.51. The smallest absolute Gasteiger partial charge is 0.251 e. The quantitative estimate of drug-likeness (QED) is 0.753. The molecule has 8 heteroatoms. The minimum absolute atomic E-state index is 0.00542. The summed E-state index contributed by atoms with van der Waals surface area (Å²) in [5.74, 6) is 0.858. The molecule has 0 spiro atoms. The molecule has 1 fully saturated rings. The Bertz CT molecular complexity index is 1000. The third-order valence-corrected chi connectivity index (χ3v) is 7.54. The molecule has 4 rings (SSSR count). The van der Waals surface area contributed by atoms with Gasteiger partial charge >= 0.3 is 0 Å². The first-order valence-electron chi connectivity index (χ1n) is 9.21. The van der Waals surface area contributed by atoms with Crippen LogP contribution in [0.15, 0.2) is 52.3 Å². The highest BCUT2D eigenvalue weighted by Crippen LogP contribution is 2.36. The Hall–Kier alpha value is -2.03. The van der Waals surface area contributed by atoms with Crippen LogP contribution in [0.1, 0.15) is 41.2 Å². The van der Waals surface area contributed by atoms with E-state index in [0.29, 0.717) is 5.56 Å². The standard InChI is InChI=1S/C20H22N2O4S2/c1-26-17-9-6-13(12-19(17)28(24,25)22-14-7-8-14)20(23)21-16-10-11-27-18-5-3-2-4-15(16)18/h2-6,9,12,14,16,22H,7-8,10-11H2,1H3,(H,21,23). The van der Waals surface area contributed by atoms with E-state index in [1.165, 1.54) is 24.1 Å². The van der Waals surface area contributed by atoms with E-state index in [1.54, 1.807) is 17.8 Å². The Labute approximate surface area is 169 Å². The van der Waals surface area contributed by atoms with E-state index >= 15 is 0 Å². The van der Waals surface area contributed by atoms with Crippen LogP contribution < -0.4 is 14.8 Å². The summed E-state index contributed by atoms with van der Waals surface area (Å²) in [7, 11) is -2.32. The molecule has 2 N–H and O–H groups in total. The molecule has 0 bridgehead atoms. The van der Waals surface area contributed by atoms with E-state index in [0.717, 1.165) is 30.6 Å². The number of ether oxygens (including phenoxy) is 1. The topological polar surface area (TPSA) is 84.5 Å². The first-order chi connectivity index (χ1) is 13.5. The molecule has 1 unspecified atom stereocenters. The molecule has 2 aromatic carbocycles. The van der Waals surface area contributed by atoms with Crippen LogP contribution >= 0.6 is 11.8 Å². The fourth-order valence-electron chi connectivity index (χ4n) is 3.25. The maximum Gasteiger partial charge on any atom is 0.251 e. The van der Waals surface area contributed by atoms with E-state index in [9.17, 15) is 13.2 Å². The Morgan fingerprint density at radius 2 is 1.93 bits per heavy atom. The molecule has 2 aromatic rings. The molecule has 1 heterocycles. The predicted octanol–water partition coefficient (Wildman–Crippen LogP) is 3.10. The van der Waals surface area contributed by atoms with Gasteiger partial charge in [0.2, 0.25) is 10.0 Å². The molecule has 1 atom stereocenters. The molecule has 0 aromatic heterocycles. The lowest BCUT2D eigenvalue weighted by Crippen LogP contribution is -2.31. The van der Waals surface area contributed by atoms with Crippen LogP contribution in [0, 0.1) is 0 Å². The monoisotopic (exact) mass is 418 g/mol. The molecule has 1 amide bonds. The van der Waals surface area contributed by atoms with Crippen molar-refractivity contribution >= 4 is 27.7 Å². The van der Waals surface area contributed by atoms with E-state index < -0.39 is 10.0 Å². The molecule has 2 aliphatic rings. The van der Waals surface area contributed by atoms with Crippen LogP contribution in [-0.2, 0) is 10.0 Å². The van der Waals surface area contributed by atoms with Gasteiger partial charge in [0.05, 0.1) is 13.2 Å². The molecule has 1 aliphatic heterocycles. The lowest BCUT2D eigenvalue weighted by molar-refractivity contribution is 0.0934. The summed E-state index contributed by atoms with van der Waals surface area (Å²) in [4.78, 5) is 14.0. The SMILES string of the molecule is COc1ccc(C(=O)NC2CCSc3ccccc32)cc1S(=O)(=O)NC1CC1. The largest absolute Gasteiger partial charge is 0.495 e. The summed E-state index contributed by atoms with van der Waals surface area (Å²) in [6.45, 7) is 0. The second kappa shape index (κ2) is 7.77. The number of benzene rings is 2. The van der Waals surface area contributed by atoms with Crippen LogP contribution in [0.3, 0.4) is 0 Å². The summed E-state index contributed by atoms with van der Waals surface area (Å²) in [5.41, 5.74) is 1.40. The minimum atomic E-state index is -3.74. The maximum atomic E-state index is 12.9. The van der Waals surface area contributed by atoms with Gasteiger partial charge in [-0.3, -0.25) is 4.79 Å². The number of hydrogen-bond donors (Lipinski definition) is 2. The minimum Gasteiger partial charge on any atom is -0.495 e. The van der Waals surface area contributed by atoms with Crippen molar-refractivity contribution in [1.82, 2.24) is 10.0 Å². The third-order valence-electron chi connectivity index (χ3n) is 4.88. The van der Waals surface area contributed by atoms with Crippen LogP contribution in [0.5, 0.6) is 5.75 Å². The van der Waals surface area contributed by atoms with Gasteiger partial charge in [0.25, 0.3) is 5.91 Å². The number of carbonyl (C=O) groups is 1. The molecule has 148 valence electrons. The first-order valence-corrected chi connectivity index (χ1v) is 11.7. The summed E-state index contributed by atoms with van der Waals surface area (Å²) in [5, 5.41) is 3.05. The van der Waals surface area contributed by atoms with Crippen molar-refractivity contribution in [3.63, 3.8) is 0 Å². The fourth-order valence-corrected chi connectivity index (χ4v) is 5.87. The summed E-state index contributed by atoms with van der Waals surface area (Å²) < 4.78 is 33.2. The molecule has 0 radical (unpaired) electrons. The summed E-state index contributed by atoms with van der Waals surface area (Å²) in [6.07, 6.45) is 2.50. The number of fused-ring (bicyclic) bond motifs is 1. The fraction of sp³-hybridized carbons (Fsp3) is 0.350. The van der Waals surface area contributed by atoms with Crippen LogP contribution in [0.25, 0.3) is 0 Å². The Kier molecular flexibility index (Phi) is 5.35. The van der Waals surface area contributed by atoms with E-state index in [1.807, 2.05) is 18.2 Å². The number of sulfonamides is 1. The number of carbonyl (C=O) groups excluding carboxylic acids is 1. The van der Waals surface area contributed by atoms with E-state index in [2.05, 4.69) is 16.1 Å². The summed E-state index contributed by atoms with van der Waals surface area (Å²) >= 11 is 1.78. The van der Waals surface area contributed by atoms with Gasteiger partial charge in [-0.25, -0.2) is 13.1 Å². The van der Waals surface area contributed by atoms with Crippen molar-refractivity contribution in [2.24, 2.45) is 0 Å². The highest BCUT2D eigenvalue weighted by Gasteiger charge is 2.30. The molecular weight excluding hydrogens is 396 g/mol. The Morgan fingerprint density at radius 1 is 1.14 bits per heavy atom. The highest BCUT2D eigenvalue weighted by molar-refractivity contribution is 7.99. The number of methoxy groups -OCH3 is 1. The summed E-state index contributed by atoms with van der Waals surface area (Å²) in [6, 6.07) is 12.4. The molecular formula is C20H22N2O4S2. The zero-order valence-electron chi connectivity index (χ0n) is 15.5. The number of nitrogens with one attached hydrogen (secondary N) is 2. The van der Waals surface area contributed by atoms with Crippen molar-refractivity contribution in [2.45, 2.75) is 41.1 Å². The van der Waals surface area contributed by atoms with Crippen molar-refractivity contribution in [2.75, 3.05) is 12.9 Å². The zero-order chi connectivity index (χ0) is 19.7. The van der Waals surface area contributed by atoms with Gasteiger partial charge in [-0.2, -0.15) is 0 Å². The molecule has 6 nitrogen and oxygen atoms in total. The number of thioether (sulfide) groups is 1. The van der Waals surface area contributed by atoms with Crippen LogP contribution in [0.2, 0.25) is 0 Å². The highest BCUT2D eigenvalue weighted by atomic mass is 32.2. The van der Waals surface area contributed by atoms with Crippen LogP contribution in [-0.4, -0.2) is 33.2 Å². The second-order valence-electron chi connectivity index (χ2n) is 6.96. The van der Waals surface area contributed by atoms with E-state index in [4.69, 9.17) is 4.74 Å². The van der Waals surface area contributed by atoms with Gasteiger partial charge in [0.1, 0.15) is 10.6 Å². The zero-order valence-corrected chi connectivity index (χ0v) is 17.1. The maximum absolute atomic E-state index is 12.9. The molecule has 1 saturated carbocycles. The van der Waals surface area contributed by atoms with Crippen molar-refractivity contribution in [3.8, 4) is 5.75 Å². The number of rotatable bonds is 6. The van der Waals surface area contributed by atoms with E-state index in [-0.39, 0.29) is 28.6 Å². The van der Waals surface area contributed by atoms with Gasteiger partial charge in [-0.05, 0) is 49.1 Å². The third kappa shape index (κ3) is 4.04. The average molecular weight is 419 g/mol. The van der Waals surface area contributed by atoms with Crippen molar-refractivity contribution < 1.29 is 17.9 Å². The molecule has 28 heavy (non-hydrogen) atoms. The van der Waals surface area contributed by atoms with Gasteiger partial charge in [-0.15, -0.1) is 11.8 Å². The lowest BCUT2D eigenvalue weighted by atomic mass is 10.0. The lowest BCUT2D eigenvalue weighted by Gasteiger charge is -2.26. The van der Waals surface area contributed by atoms with Gasteiger partial charge < -0.3 is 10.1 Å². The van der Waals surface area contributed by atoms with Gasteiger partial charge in [0.15, 0.2) is 0 Å². The predicted molar refractivity (Wildman–Crippen MR) is 108 cm³/mol. The van der Waals surface area contributed by atoms with Crippen LogP contribution in [0.4, 0.5) is 0 Å².